The largest absolute Gasteiger partial charge is 0.506 e. The quantitative estimate of drug-likeness (QED) is 0.117. The molecule has 2 unspecified atom stereocenters. The van der Waals surface area contributed by atoms with Crippen LogP contribution in [0.4, 0.5) is 10.5 Å². The average molecular weight is 576 g/mol. The number of ether oxygens (including phenoxy) is 1. The fraction of sp³-hybridized carbons (Fsp3) is 0.258. The van der Waals surface area contributed by atoms with E-state index in [1.165, 1.54) is 42.5 Å². The Balaban J connectivity index is 1.18. The molecule has 220 valence electrons. The van der Waals surface area contributed by atoms with Gasteiger partial charge in [-0.1, -0.05) is 48.5 Å². The standard InChI is InChI=1S/C31H33N3O8/c35-25-14-12-23(24-13-15-27(37)34-28(24)25)26(36)19-32-16-5-2-6-17-42-30(40)33-22-11-7-10-21(18-22)31(41,29(38)39)20-8-3-1-4-9-20/h1,3-4,7-15,18,26,32,35-36,41H,2,5-6,16-17,19H2,(H,33,40)(H,34,37)(H,38,39). The first-order chi connectivity index (χ1) is 20.2. The number of aromatic hydroxyl groups is 1. The fourth-order valence-corrected chi connectivity index (χ4v) is 4.66. The highest BCUT2D eigenvalue weighted by Gasteiger charge is 2.40. The van der Waals surface area contributed by atoms with E-state index < -0.39 is 23.8 Å². The number of carboxylic acids is 1. The van der Waals surface area contributed by atoms with Crippen molar-refractivity contribution in [2.24, 2.45) is 0 Å². The third-order valence-electron chi connectivity index (χ3n) is 6.86. The van der Waals surface area contributed by atoms with Gasteiger partial charge in [0.2, 0.25) is 11.2 Å². The number of aliphatic hydroxyl groups is 2. The lowest BCUT2D eigenvalue weighted by molar-refractivity contribution is -0.155. The van der Waals surface area contributed by atoms with Gasteiger partial charge in [-0.2, -0.15) is 0 Å². The summed E-state index contributed by atoms with van der Waals surface area (Å²) in [6, 6.07) is 19.9. The van der Waals surface area contributed by atoms with Crippen molar-refractivity contribution in [1.82, 2.24) is 10.3 Å². The predicted molar refractivity (Wildman–Crippen MR) is 156 cm³/mol. The molecule has 0 aliphatic heterocycles. The number of carboxylic acid groups (broad SMARTS) is 1. The number of benzene rings is 3. The molecule has 0 radical (unpaired) electrons. The number of carbonyl (C=O) groups is 2. The normalized spacial score (nSPS) is 13.3. The van der Waals surface area contributed by atoms with Crippen LogP contribution in [-0.4, -0.2) is 57.2 Å². The Morgan fingerprint density at radius 1 is 0.929 bits per heavy atom. The van der Waals surface area contributed by atoms with Gasteiger partial charge < -0.3 is 35.5 Å². The zero-order valence-corrected chi connectivity index (χ0v) is 22.7. The maximum Gasteiger partial charge on any atom is 0.411 e. The van der Waals surface area contributed by atoms with E-state index in [1.807, 2.05) is 0 Å². The summed E-state index contributed by atoms with van der Waals surface area (Å²) in [6.07, 6.45) is 0.604. The number of anilines is 1. The molecule has 0 aliphatic rings. The average Bonchev–Trinajstić information content (AvgIpc) is 2.98. The minimum absolute atomic E-state index is 0.0653. The Hall–Kier alpha value is -4.71. The topological polar surface area (TPSA) is 181 Å². The second kappa shape index (κ2) is 13.8. The van der Waals surface area contributed by atoms with Crippen molar-refractivity contribution in [2.45, 2.75) is 31.0 Å². The van der Waals surface area contributed by atoms with Gasteiger partial charge in [-0.25, -0.2) is 9.59 Å². The Morgan fingerprint density at radius 2 is 1.69 bits per heavy atom. The number of rotatable bonds is 13. The lowest BCUT2D eigenvalue weighted by Gasteiger charge is -2.25. The number of aromatic nitrogens is 1. The molecule has 1 aromatic heterocycles. The van der Waals surface area contributed by atoms with Crippen LogP contribution in [0.15, 0.2) is 83.7 Å². The second-order valence-corrected chi connectivity index (χ2v) is 9.79. The number of H-pyrrole nitrogens is 1. The summed E-state index contributed by atoms with van der Waals surface area (Å²) in [5, 5.41) is 47.7. The fourth-order valence-electron chi connectivity index (χ4n) is 4.66. The number of aliphatic carboxylic acids is 1. The summed E-state index contributed by atoms with van der Waals surface area (Å²) in [7, 11) is 0. The van der Waals surface area contributed by atoms with E-state index in [9.17, 15) is 34.8 Å². The van der Waals surface area contributed by atoms with Gasteiger partial charge >= 0.3 is 12.1 Å². The van der Waals surface area contributed by atoms with Crippen LogP contribution in [0.2, 0.25) is 0 Å². The molecule has 0 saturated carbocycles. The number of aliphatic hydroxyl groups excluding tert-OH is 1. The van der Waals surface area contributed by atoms with Crippen LogP contribution in [0.3, 0.4) is 0 Å². The third kappa shape index (κ3) is 7.13. The first-order valence-corrected chi connectivity index (χ1v) is 13.5. The molecule has 3 aromatic carbocycles. The van der Waals surface area contributed by atoms with Crippen molar-refractivity contribution < 1.29 is 34.8 Å². The molecule has 1 amide bonds. The maximum absolute atomic E-state index is 12.3. The lowest BCUT2D eigenvalue weighted by Crippen LogP contribution is -2.36. The molecule has 0 saturated heterocycles. The smallest absolute Gasteiger partial charge is 0.411 e. The van der Waals surface area contributed by atoms with Crippen molar-refractivity contribution in [1.29, 1.82) is 0 Å². The number of aromatic amines is 1. The van der Waals surface area contributed by atoms with Gasteiger partial charge in [0.15, 0.2) is 0 Å². The predicted octanol–water partition coefficient (Wildman–Crippen LogP) is 3.60. The van der Waals surface area contributed by atoms with Gasteiger partial charge in [0.25, 0.3) is 0 Å². The van der Waals surface area contributed by atoms with E-state index >= 15 is 0 Å². The Morgan fingerprint density at radius 3 is 2.45 bits per heavy atom. The maximum atomic E-state index is 12.3. The highest BCUT2D eigenvalue weighted by Crippen LogP contribution is 2.32. The Bertz CT molecular complexity index is 1590. The third-order valence-corrected chi connectivity index (χ3v) is 6.86. The number of unbranched alkanes of at least 4 members (excludes halogenated alkanes) is 2. The number of pyridine rings is 1. The minimum Gasteiger partial charge on any atom is -0.506 e. The number of phenols is 1. The van der Waals surface area contributed by atoms with Crippen LogP contribution in [0.1, 0.15) is 42.1 Å². The van der Waals surface area contributed by atoms with Gasteiger partial charge in [-0.05, 0) is 61.2 Å². The number of carbonyl (C=O) groups excluding carboxylic acids is 1. The van der Waals surface area contributed by atoms with Gasteiger partial charge in [-0.3, -0.25) is 10.1 Å². The summed E-state index contributed by atoms with van der Waals surface area (Å²) in [5.41, 5.74) is -1.20. The van der Waals surface area contributed by atoms with E-state index in [0.717, 1.165) is 12.8 Å². The van der Waals surface area contributed by atoms with Crippen molar-refractivity contribution >= 4 is 28.7 Å². The van der Waals surface area contributed by atoms with E-state index in [0.29, 0.717) is 23.9 Å². The van der Waals surface area contributed by atoms with Crippen LogP contribution in [0.5, 0.6) is 5.75 Å². The van der Waals surface area contributed by atoms with Crippen LogP contribution >= 0.6 is 0 Å². The number of fused-ring (bicyclic) bond motifs is 1. The van der Waals surface area contributed by atoms with E-state index in [1.54, 1.807) is 36.4 Å². The Labute approximate surface area is 241 Å². The number of phenolic OH excluding ortho intramolecular Hbond substituents is 1. The molecular formula is C31H33N3O8. The molecule has 2 atom stereocenters. The van der Waals surface area contributed by atoms with Crippen LogP contribution in [-0.2, 0) is 15.1 Å². The summed E-state index contributed by atoms with van der Waals surface area (Å²) >= 11 is 0. The zero-order chi connectivity index (χ0) is 30.1. The van der Waals surface area contributed by atoms with Crippen molar-refractivity contribution in [2.75, 3.05) is 25.0 Å². The van der Waals surface area contributed by atoms with E-state index in [2.05, 4.69) is 15.6 Å². The van der Waals surface area contributed by atoms with Gasteiger partial charge in [0, 0.05) is 29.2 Å². The minimum atomic E-state index is -2.29. The summed E-state index contributed by atoms with van der Waals surface area (Å²) in [4.78, 5) is 38.4. The molecule has 0 spiro atoms. The highest BCUT2D eigenvalue weighted by molar-refractivity contribution is 5.88. The van der Waals surface area contributed by atoms with Crippen molar-refractivity contribution in [3.63, 3.8) is 0 Å². The second-order valence-electron chi connectivity index (χ2n) is 9.79. The summed E-state index contributed by atoms with van der Waals surface area (Å²) < 4.78 is 5.23. The summed E-state index contributed by atoms with van der Waals surface area (Å²) in [5.74, 6) is -1.51. The zero-order valence-electron chi connectivity index (χ0n) is 22.7. The molecule has 11 heteroatoms. The molecule has 4 rings (SSSR count). The first kappa shape index (κ1) is 30.3. The molecule has 0 aliphatic carbocycles. The molecule has 7 N–H and O–H groups in total. The van der Waals surface area contributed by atoms with Crippen molar-refractivity contribution in [3.05, 3.63) is 106 Å². The van der Waals surface area contributed by atoms with E-state index in [4.69, 9.17) is 4.74 Å². The van der Waals surface area contributed by atoms with Crippen LogP contribution < -0.4 is 16.2 Å². The number of hydrogen-bond acceptors (Lipinski definition) is 8. The highest BCUT2D eigenvalue weighted by atomic mass is 16.5. The molecule has 42 heavy (non-hydrogen) atoms. The number of hydrogen-bond donors (Lipinski definition) is 7. The Kier molecular flexibility index (Phi) is 9.92. The molecule has 0 fully saturated rings. The SMILES string of the molecule is O=C(Nc1cccc(C(O)(C(=O)O)c2ccccc2)c1)OCCCCCNCC(O)c1ccc(O)c2[nH]c(=O)ccc12. The van der Waals surface area contributed by atoms with Gasteiger partial charge in [0.05, 0.1) is 18.2 Å². The van der Waals surface area contributed by atoms with Gasteiger partial charge in [0.1, 0.15) is 5.75 Å². The van der Waals surface area contributed by atoms with Crippen molar-refractivity contribution in [3.8, 4) is 5.75 Å². The number of amides is 1. The van der Waals surface area contributed by atoms with Crippen LogP contribution in [0.25, 0.3) is 10.9 Å². The monoisotopic (exact) mass is 575 g/mol. The van der Waals surface area contributed by atoms with Crippen LogP contribution in [0, 0.1) is 0 Å². The molecule has 4 aromatic rings. The molecule has 1 heterocycles. The molecule has 11 nitrogen and oxygen atoms in total. The molecular weight excluding hydrogens is 542 g/mol. The first-order valence-electron chi connectivity index (χ1n) is 13.5. The lowest BCUT2D eigenvalue weighted by atomic mass is 9.86. The van der Waals surface area contributed by atoms with E-state index in [-0.39, 0.29) is 46.8 Å². The number of nitrogens with one attached hydrogen (secondary N) is 3. The van der Waals surface area contributed by atoms with Gasteiger partial charge in [-0.15, -0.1) is 0 Å². The summed E-state index contributed by atoms with van der Waals surface area (Å²) in [6.45, 7) is 1.07. The molecule has 0 bridgehead atoms.